The Morgan fingerprint density at radius 1 is 1.11 bits per heavy atom. The highest BCUT2D eigenvalue weighted by Crippen LogP contribution is 2.75. The lowest BCUT2D eigenvalue weighted by molar-refractivity contribution is -0.478. The van der Waals surface area contributed by atoms with Crippen LogP contribution < -0.4 is 0 Å². The highest BCUT2D eigenvalue weighted by molar-refractivity contribution is 6.67. The van der Waals surface area contributed by atoms with Gasteiger partial charge in [-0.15, -0.1) is 0 Å². The molecule has 5 rings (SSSR count). The number of ketones is 1. The summed E-state index contributed by atoms with van der Waals surface area (Å²) in [6, 6.07) is 0. The second kappa shape index (κ2) is 8.25. The first-order valence-electron chi connectivity index (χ1n) is 14.3. The second-order valence-electron chi connectivity index (χ2n) is 15.6. The van der Waals surface area contributed by atoms with Gasteiger partial charge in [0.05, 0.1) is 20.3 Å². The fourth-order valence-electron chi connectivity index (χ4n) is 10.4. The van der Waals surface area contributed by atoms with E-state index in [1.54, 1.807) is 0 Å². The standard InChI is InChI=1S/C30H48O6Si/c1-16-14-29-17(2)12-19-23(28(19,10)11)22(24(29)32)20(37(26(4,5)6)27(7,8)9)13-21-30(29,36-34-15-33-21)25(16)35-18(3)31/h14,17,19-23,25,37H,12-13,15H2,1-11H3/t17-,19-,20-,21-,22+,23-,25?,29+,30+/m1/s1. The molecule has 2 spiro atoms. The number of hydrogen-bond donors (Lipinski definition) is 0. The van der Waals surface area contributed by atoms with Gasteiger partial charge < -0.3 is 9.47 Å². The van der Waals surface area contributed by atoms with E-state index in [9.17, 15) is 4.79 Å². The molecule has 1 aliphatic heterocycles. The van der Waals surface area contributed by atoms with Gasteiger partial charge in [0, 0.05) is 12.8 Å². The van der Waals surface area contributed by atoms with E-state index < -0.39 is 32.0 Å². The fraction of sp³-hybridized carbons (Fsp3) is 0.867. The predicted molar refractivity (Wildman–Crippen MR) is 144 cm³/mol. The van der Waals surface area contributed by atoms with Gasteiger partial charge >= 0.3 is 5.97 Å². The highest BCUT2D eigenvalue weighted by Gasteiger charge is 2.80. The molecule has 0 aromatic heterocycles. The molecule has 208 valence electrons. The van der Waals surface area contributed by atoms with Gasteiger partial charge in [0.15, 0.2) is 18.5 Å². The van der Waals surface area contributed by atoms with Crippen molar-refractivity contribution in [1.82, 2.24) is 0 Å². The third-order valence-electron chi connectivity index (χ3n) is 11.0. The van der Waals surface area contributed by atoms with Gasteiger partial charge in [0.25, 0.3) is 0 Å². The molecule has 4 aliphatic carbocycles. The third-order valence-corrected chi connectivity index (χ3v) is 16.3. The maximum Gasteiger partial charge on any atom is 0.303 e. The van der Waals surface area contributed by atoms with Crippen molar-refractivity contribution in [3.8, 4) is 0 Å². The summed E-state index contributed by atoms with van der Waals surface area (Å²) in [4.78, 5) is 39.8. The summed E-state index contributed by atoms with van der Waals surface area (Å²) < 4.78 is 12.5. The van der Waals surface area contributed by atoms with Gasteiger partial charge in [0.1, 0.15) is 5.78 Å². The van der Waals surface area contributed by atoms with Crippen LogP contribution in [0.25, 0.3) is 0 Å². The van der Waals surface area contributed by atoms with Gasteiger partial charge in [-0.1, -0.05) is 68.4 Å². The van der Waals surface area contributed by atoms with E-state index in [-0.39, 0.29) is 51.4 Å². The van der Waals surface area contributed by atoms with E-state index in [2.05, 4.69) is 68.4 Å². The fourth-order valence-corrected chi connectivity index (χ4v) is 16.9. The lowest BCUT2D eigenvalue weighted by Crippen LogP contribution is -2.68. The Balaban J connectivity index is 1.79. The topological polar surface area (TPSA) is 71.1 Å². The van der Waals surface area contributed by atoms with Crippen LogP contribution in [-0.2, 0) is 28.8 Å². The zero-order valence-corrected chi connectivity index (χ0v) is 25.9. The van der Waals surface area contributed by atoms with Crippen LogP contribution in [0.2, 0.25) is 15.6 Å². The van der Waals surface area contributed by atoms with Crippen LogP contribution in [-0.4, -0.2) is 45.2 Å². The Kier molecular flexibility index (Phi) is 6.14. The summed E-state index contributed by atoms with van der Waals surface area (Å²) in [5.74, 6) is 0.684. The number of Topliss-reactive ketones (excluding diaryl/α,β-unsaturated/α-hetero) is 1. The Morgan fingerprint density at radius 2 is 1.73 bits per heavy atom. The second-order valence-corrected chi connectivity index (χ2v) is 20.9. The monoisotopic (exact) mass is 532 g/mol. The van der Waals surface area contributed by atoms with E-state index in [1.165, 1.54) is 6.92 Å². The van der Waals surface area contributed by atoms with Crippen molar-refractivity contribution in [2.75, 3.05) is 6.79 Å². The maximum atomic E-state index is 15.4. The first-order chi connectivity index (χ1) is 16.9. The first-order valence-corrected chi connectivity index (χ1v) is 16.1. The molecule has 7 heteroatoms. The molecule has 0 aromatic carbocycles. The van der Waals surface area contributed by atoms with Gasteiger partial charge in [-0.3, -0.25) is 9.59 Å². The Morgan fingerprint density at radius 3 is 2.30 bits per heavy atom. The Hall–Kier alpha value is -1.02. The van der Waals surface area contributed by atoms with Crippen molar-refractivity contribution < 1.29 is 28.8 Å². The van der Waals surface area contributed by atoms with E-state index in [0.717, 1.165) is 18.4 Å². The molecule has 5 aliphatic rings. The molecule has 0 aromatic rings. The normalized spacial score (nSPS) is 44.7. The largest absolute Gasteiger partial charge is 0.455 e. The van der Waals surface area contributed by atoms with Crippen molar-refractivity contribution in [1.29, 1.82) is 0 Å². The minimum absolute atomic E-state index is 0.00530. The average Bonchev–Trinajstić information content (AvgIpc) is 3.22. The van der Waals surface area contributed by atoms with E-state index in [1.807, 2.05) is 6.92 Å². The number of ether oxygens (including phenoxy) is 2. The van der Waals surface area contributed by atoms with Crippen molar-refractivity contribution in [3.05, 3.63) is 11.6 Å². The minimum Gasteiger partial charge on any atom is -0.455 e. The Bertz CT molecular complexity index is 1010. The number of carbonyl (C=O) groups excluding carboxylic acids is 2. The van der Waals surface area contributed by atoms with Gasteiger partial charge in [-0.25, -0.2) is 9.78 Å². The van der Waals surface area contributed by atoms with Gasteiger partial charge in [0.2, 0.25) is 0 Å². The number of rotatable bonds is 2. The van der Waals surface area contributed by atoms with E-state index in [4.69, 9.17) is 19.2 Å². The van der Waals surface area contributed by atoms with Gasteiger partial charge in [-0.05, 0) is 64.1 Å². The molecule has 0 amide bonds. The SMILES string of the molecule is CC(=O)OC1C(C)=C[C@@]23C(=O)[C@H]([C@H]4[C@@H](C[C@H]2C)C4(C)C)[C@H]([SiH](C(C)(C)C)C(C)(C)C)C[C@H]2OCOO[C@]123. The number of hydrogen-bond acceptors (Lipinski definition) is 6. The summed E-state index contributed by atoms with van der Waals surface area (Å²) >= 11 is 0. The van der Waals surface area contributed by atoms with Gasteiger partial charge in [-0.2, -0.15) is 0 Å². The molecule has 1 unspecified atom stereocenters. The summed E-state index contributed by atoms with van der Waals surface area (Å²) in [6.45, 7) is 24.6. The van der Waals surface area contributed by atoms with Crippen LogP contribution in [0.1, 0.15) is 89.0 Å². The first kappa shape index (κ1) is 27.5. The van der Waals surface area contributed by atoms with Crippen LogP contribution >= 0.6 is 0 Å². The molecule has 0 radical (unpaired) electrons. The summed E-state index contributed by atoms with van der Waals surface area (Å²) in [5.41, 5.74) is -0.927. The maximum absolute atomic E-state index is 15.4. The van der Waals surface area contributed by atoms with E-state index in [0.29, 0.717) is 11.8 Å². The molecule has 3 saturated carbocycles. The molecular formula is C30H48O6Si. The highest BCUT2D eigenvalue weighted by atomic mass is 28.3. The molecule has 9 atom stereocenters. The average molecular weight is 533 g/mol. The molecule has 1 saturated heterocycles. The zero-order chi connectivity index (χ0) is 27.5. The molecular weight excluding hydrogens is 484 g/mol. The summed E-state index contributed by atoms with van der Waals surface area (Å²) in [5, 5.41) is 0.227. The smallest absolute Gasteiger partial charge is 0.303 e. The minimum atomic E-state index is -1.64. The van der Waals surface area contributed by atoms with Crippen LogP contribution in [0, 0.1) is 34.5 Å². The van der Waals surface area contributed by atoms with Crippen molar-refractivity contribution in [2.24, 2.45) is 34.5 Å². The lowest BCUT2D eigenvalue weighted by atomic mass is 9.59. The number of esters is 1. The number of carbonyl (C=O) groups is 2. The molecule has 1 heterocycles. The molecule has 37 heavy (non-hydrogen) atoms. The molecule has 4 fully saturated rings. The Labute approximate surface area is 224 Å². The molecule has 6 nitrogen and oxygen atoms in total. The quantitative estimate of drug-likeness (QED) is 0.188. The van der Waals surface area contributed by atoms with Crippen molar-refractivity contribution in [3.63, 3.8) is 0 Å². The zero-order valence-electron chi connectivity index (χ0n) is 24.8. The van der Waals surface area contributed by atoms with Crippen molar-refractivity contribution >= 4 is 20.5 Å². The van der Waals surface area contributed by atoms with Crippen LogP contribution in [0.4, 0.5) is 0 Å². The number of fused-ring (bicyclic) bond motifs is 3. The van der Waals surface area contributed by atoms with Crippen LogP contribution in [0.5, 0.6) is 0 Å². The molecule has 0 N–H and O–H groups in total. The predicted octanol–water partition coefficient (Wildman–Crippen LogP) is 6.01. The molecule has 2 bridgehead atoms. The summed E-state index contributed by atoms with van der Waals surface area (Å²) in [7, 11) is -1.64. The van der Waals surface area contributed by atoms with Crippen molar-refractivity contribution in [2.45, 2.75) is 122 Å². The lowest BCUT2D eigenvalue weighted by Gasteiger charge is -2.52. The third kappa shape index (κ3) is 3.59. The van der Waals surface area contributed by atoms with E-state index >= 15 is 4.79 Å². The van der Waals surface area contributed by atoms with Crippen LogP contribution in [0.15, 0.2) is 11.6 Å². The summed E-state index contributed by atoms with van der Waals surface area (Å²) in [6.07, 6.45) is 2.67. The van der Waals surface area contributed by atoms with Crippen LogP contribution in [0.3, 0.4) is 0 Å².